The Morgan fingerprint density at radius 3 is 1.07 bits per heavy atom. The molecule has 8 nitrogen and oxygen atoms in total. The fourth-order valence-electron chi connectivity index (χ4n) is 7.84. The molecule has 0 saturated carbocycles. The second-order valence-electron chi connectivity index (χ2n) is 18.4. The van der Waals surface area contributed by atoms with E-state index in [1.807, 2.05) is 21.1 Å². The number of esters is 2. The lowest BCUT2D eigenvalue weighted by molar-refractivity contribution is -0.889. The molecule has 0 amide bonds. The van der Waals surface area contributed by atoms with E-state index in [-0.39, 0.29) is 42.7 Å². The van der Waals surface area contributed by atoms with Gasteiger partial charge in [-0.15, -0.1) is 0 Å². The van der Waals surface area contributed by atoms with E-state index in [1.165, 1.54) is 180 Å². The van der Waals surface area contributed by atoms with Crippen molar-refractivity contribution in [3.05, 3.63) is 0 Å². The maximum absolute atomic E-state index is 12.7. The predicted octanol–water partition coefficient (Wildman–Crippen LogP) is 12.8. The van der Waals surface area contributed by atoms with Crippen molar-refractivity contribution in [2.24, 2.45) is 0 Å². The zero-order chi connectivity index (χ0) is 42.8. The van der Waals surface area contributed by atoms with Crippen molar-refractivity contribution in [2.45, 2.75) is 264 Å². The molecule has 0 aromatic rings. The van der Waals surface area contributed by atoms with E-state index < -0.39 is 18.1 Å². The van der Waals surface area contributed by atoms with Crippen molar-refractivity contribution in [3.8, 4) is 0 Å². The first-order chi connectivity index (χ1) is 28.1. The minimum absolute atomic E-state index is 0.0492. The van der Waals surface area contributed by atoms with Gasteiger partial charge in [0.2, 0.25) is 0 Å². The second kappa shape index (κ2) is 42.0. The monoisotopic (exact) mass is 824 g/mol. The summed E-state index contributed by atoms with van der Waals surface area (Å²) in [5.41, 5.74) is 0. The molecule has 0 radical (unpaired) electrons. The van der Waals surface area contributed by atoms with Gasteiger partial charge in [0.25, 0.3) is 0 Å². The molecule has 0 aliphatic rings. The highest BCUT2D eigenvalue weighted by Gasteiger charge is 2.25. The summed E-state index contributed by atoms with van der Waals surface area (Å²) >= 11 is 0. The zero-order valence-corrected chi connectivity index (χ0v) is 39.2. The van der Waals surface area contributed by atoms with E-state index in [0.717, 1.165) is 38.5 Å². The van der Waals surface area contributed by atoms with Gasteiger partial charge in [0.15, 0.2) is 6.10 Å². The highest BCUT2D eigenvalue weighted by molar-refractivity contribution is 5.70. The van der Waals surface area contributed by atoms with Crippen molar-refractivity contribution in [2.75, 3.05) is 41.0 Å². The van der Waals surface area contributed by atoms with Crippen LogP contribution in [0.3, 0.4) is 0 Å². The van der Waals surface area contributed by atoms with Gasteiger partial charge >= 0.3 is 11.9 Å². The van der Waals surface area contributed by atoms with Gasteiger partial charge in [-0.1, -0.05) is 219 Å². The molecule has 2 unspecified atom stereocenters. The van der Waals surface area contributed by atoms with E-state index in [4.69, 9.17) is 14.2 Å². The number of carbonyl (C=O) groups excluding carboxylic acids is 3. The number of likely N-dealkylation sites (N-methyl/N-ethyl adjacent to an activating group) is 1. The number of rotatable bonds is 46. The minimum atomic E-state index is -1.12. The van der Waals surface area contributed by atoms with E-state index >= 15 is 0 Å². The van der Waals surface area contributed by atoms with E-state index in [1.54, 1.807) is 0 Å². The van der Waals surface area contributed by atoms with Crippen LogP contribution in [0, 0.1) is 0 Å². The van der Waals surface area contributed by atoms with Gasteiger partial charge in [-0.3, -0.25) is 9.59 Å². The van der Waals surface area contributed by atoms with Crippen LogP contribution in [-0.4, -0.2) is 75.5 Å². The topological polar surface area (TPSA) is 102 Å². The van der Waals surface area contributed by atoms with E-state index in [2.05, 4.69) is 13.8 Å². The maximum Gasteiger partial charge on any atom is 0.306 e. The maximum atomic E-state index is 12.7. The molecule has 0 saturated heterocycles. The van der Waals surface area contributed by atoms with Crippen LogP contribution in [0.5, 0.6) is 0 Å². The van der Waals surface area contributed by atoms with Crippen LogP contribution >= 0.6 is 0 Å². The largest absolute Gasteiger partial charge is 0.544 e. The lowest BCUT2D eigenvalue weighted by Crippen LogP contribution is -2.55. The van der Waals surface area contributed by atoms with Gasteiger partial charge < -0.3 is 28.6 Å². The smallest absolute Gasteiger partial charge is 0.306 e. The number of unbranched alkanes of at least 4 members (excludes halogenated alkanes) is 32. The Balaban J connectivity index is 4.09. The number of hydrogen-bond donors (Lipinski definition) is 0. The number of aliphatic carboxylic acids is 1. The molecule has 344 valence electrons. The second-order valence-corrected chi connectivity index (χ2v) is 18.4. The summed E-state index contributed by atoms with van der Waals surface area (Å²) in [4.78, 5) is 36.9. The van der Waals surface area contributed by atoms with Gasteiger partial charge in [-0.05, 0) is 12.8 Å². The van der Waals surface area contributed by atoms with Crippen molar-refractivity contribution in [3.63, 3.8) is 0 Å². The first kappa shape index (κ1) is 56.3. The predicted molar refractivity (Wildman–Crippen MR) is 241 cm³/mol. The molecule has 0 heterocycles. The third kappa shape index (κ3) is 39.8. The standard InChI is InChI=1S/C50H97NO7/c1-6-8-10-12-14-16-18-19-20-21-22-23-24-25-26-27-28-29-31-32-34-36-38-40-48(52)57-45-46(44-56-43-42-47(50(54)55)51(3,4)5)58-49(53)41-39-37-35-33-30-17-15-13-11-9-7-2/h46-47H,6-45H2,1-5H3. The van der Waals surface area contributed by atoms with Crippen molar-refractivity contribution in [1.82, 2.24) is 0 Å². The Bertz CT molecular complexity index is 920. The first-order valence-corrected chi connectivity index (χ1v) is 25.1. The Morgan fingerprint density at radius 1 is 0.448 bits per heavy atom. The molecule has 0 spiro atoms. The summed E-state index contributed by atoms with van der Waals surface area (Å²) in [6.45, 7) is 4.70. The van der Waals surface area contributed by atoms with Gasteiger partial charge in [0, 0.05) is 19.3 Å². The number of quaternary nitrogens is 1. The molecule has 0 bridgehead atoms. The van der Waals surface area contributed by atoms with Crippen LogP contribution in [0.1, 0.15) is 251 Å². The summed E-state index contributed by atoms with van der Waals surface area (Å²) in [6.07, 6.45) is 44.2. The third-order valence-electron chi connectivity index (χ3n) is 11.7. The SMILES string of the molecule is CCCCCCCCCCCCCCCCCCCCCCCCCC(=O)OCC(COCCC(C(=O)[O-])[N+](C)(C)C)OC(=O)CCCCCCCCCCCCC. The molecule has 58 heavy (non-hydrogen) atoms. The van der Waals surface area contributed by atoms with Crippen LogP contribution in [0.4, 0.5) is 0 Å². The van der Waals surface area contributed by atoms with Gasteiger partial charge in [-0.25, -0.2) is 0 Å². The number of nitrogens with zero attached hydrogens (tertiary/aromatic N) is 1. The van der Waals surface area contributed by atoms with E-state index in [9.17, 15) is 19.5 Å². The third-order valence-corrected chi connectivity index (χ3v) is 11.7. The van der Waals surface area contributed by atoms with Gasteiger partial charge in [0.05, 0.1) is 40.3 Å². The van der Waals surface area contributed by atoms with Gasteiger partial charge in [0.1, 0.15) is 12.6 Å². The molecule has 0 aromatic heterocycles. The number of hydrogen-bond acceptors (Lipinski definition) is 7. The van der Waals surface area contributed by atoms with Crippen LogP contribution < -0.4 is 5.11 Å². The van der Waals surface area contributed by atoms with Crippen LogP contribution in [0.2, 0.25) is 0 Å². The Hall–Kier alpha value is -1.67. The summed E-state index contributed by atoms with van der Waals surface area (Å²) in [5, 5.41) is 11.6. The first-order valence-electron chi connectivity index (χ1n) is 25.1. The molecule has 8 heteroatoms. The lowest BCUT2D eigenvalue weighted by Gasteiger charge is -2.34. The molecular formula is C50H97NO7. The summed E-state index contributed by atoms with van der Waals surface area (Å²) in [6, 6.07) is -0.719. The molecule has 0 N–H and O–H groups in total. The molecular weight excluding hydrogens is 727 g/mol. The number of carboxylic acids is 1. The summed E-state index contributed by atoms with van der Waals surface area (Å²) in [5.74, 6) is -1.71. The summed E-state index contributed by atoms with van der Waals surface area (Å²) < 4.78 is 17.2. The highest BCUT2D eigenvalue weighted by atomic mass is 16.6. The molecule has 2 atom stereocenters. The minimum Gasteiger partial charge on any atom is -0.544 e. The summed E-state index contributed by atoms with van der Waals surface area (Å²) in [7, 11) is 5.42. The highest BCUT2D eigenvalue weighted by Crippen LogP contribution is 2.17. The fourth-order valence-corrected chi connectivity index (χ4v) is 7.84. The van der Waals surface area contributed by atoms with Crippen molar-refractivity contribution in [1.29, 1.82) is 0 Å². The molecule has 0 fully saturated rings. The Morgan fingerprint density at radius 2 is 0.759 bits per heavy atom. The molecule has 0 rings (SSSR count). The number of carbonyl (C=O) groups is 3. The molecule has 0 aliphatic heterocycles. The zero-order valence-electron chi connectivity index (χ0n) is 39.2. The van der Waals surface area contributed by atoms with Crippen molar-refractivity contribution < 1.29 is 38.2 Å². The van der Waals surface area contributed by atoms with Gasteiger partial charge in [-0.2, -0.15) is 0 Å². The number of carboxylic acid groups (broad SMARTS) is 1. The lowest BCUT2D eigenvalue weighted by atomic mass is 10.0. The quantitative estimate of drug-likeness (QED) is 0.0342. The average Bonchev–Trinajstić information content (AvgIpc) is 3.18. The Kier molecular flexibility index (Phi) is 40.8. The fraction of sp³-hybridized carbons (Fsp3) is 0.940. The Labute approximate surface area is 359 Å². The van der Waals surface area contributed by atoms with Crippen LogP contribution in [-0.2, 0) is 28.6 Å². The normalized spacial score (nSPS) is 12.8. The van der Waals surface area contributed by atoms with Crippen molar-refractivity contribution >= 4 is 17.9 Å². The average molecular weight is 824 g/mol. The van der Waals surface area contributed by atoms with Crippen LogP contribution in [0.15, 0.2) is 0 Å². The molecule has 0 aliphatic carbocycles. The van der Waals surface area contributed by atoms with Crippen LogP contribution in [0.25, 0.3) is 0 Å². The number of ether oxygens (including phenoxy) is 3. The molecule has 0 aromatic carbocycles. The van der Waals surface area contributed by atoms with E-state index in [0.29, 0.717) is 12.8 Å².